The molecule has 0 saturated carbocycles. The smallest absolute Gasteiger partial charge is 0.416 e. The Labute approximate surface area is 789 Å². The van der Waals surface area contributed by atoms with Crippen molar-refractivity contribution >= 4 is 124 Å². The minimum atomic E-state index is -4.41. The molecule has 0 spiro atoms. The number of halogens is 3. The average Bonchev–Trinajstić information content (AvgIpc) is 1.67. The summed E-state index contributed by atoms with van der Waals surface area (Å²) < 4.78 is 81.7. The van der Waals surface area contributed by atoms with Crippen molar-refractivity contribution < 1.29 is 70.4 Å². The number of pyridine rings is 2. The molecule has 0 N–H and O–H groups in total. The highest BCUT2D eigenvalue weighted by atomic mass is 32.1. The van der Waals surface area contributed by atoms with Crippen LogP contribution in [-0.4, -0.2) is 123 Å². The fraction of sp³-hybridized carbons (Fsp3) is 0.241. The highest BCUT2D eigenvalue weighted by Gasteiger charge is 2.31. The van der Waals surface area contributed by atoms with Gasteiger partial charge in [-0.15, -0.1) is 22.7 Å². The summed E-state index contributed by atoms with van der Waals surface area (Å²) in [5, 5.41) is 11.9. The number of rotatable bonds is 24. The van der Waals surface area contributed by atoms with Crippen LogP contribution in [0.3, 0.4) is 0 Å². The predicted octanol–water partition coefficient (Wildman–Crippen LogP) is 24.1. The van der Waals surface area contributed by atoms with Gasteiger partial charge in [-0.05, 0) is 257 Å². The first-order chi connectivity index (χ1) is 65.1. The van der Waals surface area contributed by atoms with Gasteiger partial charge in [0.05, 0.1) is 58.3 Å². The van der Waals surface area contributed by atoms with Crippen LogP contribution in [0.1, 0.15) is 181 Å². The van der Waals surface area contributed by atoms with Crippen LogP contribution in [-0.2, 0) is 73.9 Å². The van der Waals surface area contributed by atoms with E-state index in [2.05, 4.69) is 113 Å². The molecule has 0 fully saturated rings. The molecule has 0 saturated heterocycles. The second-order valence-electron chi connectivity index (χ2n) is 32.1. The number of aryl methyl sites for hydroxylation is 7. The number of thiazole rings is 2. The Morgan fingerprint density at radius 2 is 0.541 bits per heavy atom. The van der Waals surface area contributed by atoms with Crippen molar-refractivity contribution in [2.75, 3.05) is 39.6 Å². The van der Waals surface area contributed by atoms with Gasteiger partial charge in [-0.1, -0.05) is 113 Å². The number of hydrogen-bond acceptors (Lipinski definition) is 18. The van der Waals surface area contributed by atoms with Gasteiger partial charge >= 0.3 is 42.0 Å². The van der Waals surface area contributed by atoms with Crippen LogP contribution in [0.25, 0.3) is 65.4 Å². The third-order valence-corrected chi connectivity index (χ3v) is 23.5. The van der Waals surface area contributed by atoms with E-state index in [0.717, 1.165) is 115 Å². The first-order valence-corrected chi connectivity index (χ1v) is 46.3. The summed E-state index contributed by atoms with van der Waals surface area (Å²) in [6, 6.07) is 69.2. The monoisotopic (exact) mass is 1860 g/mol. The maximum Gasteiger partial charge on any atom is 0.416 e. The quantitative estimate of drug-likeness (QED) is 0.0403. The molecule has 0 aliphatic heterocycles. The van der Waals surface area contributed by atoms with Crippen molar-refractivity contribution in [3.63, 3.8) is 0 Å². The van der Waals surface area contributed by atoms with Crippen LogP contribution in [0.2, 0.25) is 0 Å². The maximum absolute atomic E-state index is 13.0. The molecular formula is C108H107F3N10O12S2. The van der Waals surface area contributed by atoms with Crippen molar-refractivity contribution in [3.8, 4) is 0 Å². The van der Waals surface area contributed by atoms with Crippen molar-refractivity contribution in [2.45, 2.75) is 135 Å². The predicted molar refractivity (Wildman–Crippen MR) is 526 cm³/mol. The summed E-state index contributed by atoms with van der Waals surface area (Å²) >= 11 is 3.17. The lowest BCUT2D eigenvalue weighted by Crippen LogP contribution is -2.13. The number of carbonyl (C=O) groups excluding carboxylic acids is 6. The van der Waals surface area contributed by atoms with Crippen LogP contribution in [0.5, 0.6) is 0 Å². The fourth-order valence-electron chi connectivity index (χ4n) is 15.9. The molecule has 0 bridgehead atoms. The van der Waals surface area contributed by atoms with Gasteiger partial charge in [0.2, 0.25) is 0 Å². The number of nitrogens with zero attached hydrogens (tertiary/aromatic N) is 10. The highest BCUT2D eigenvalue weighted by Crippen LogP contribution is 2.34. The number of aromatic nitrogens is 10. The number of esters is 6. The summed E-state index contributed by atoms with van der Waals surface area (Å²) in [5.74, 6) is -1.91. The second-order valence-corrected chi connectivity index (χ2v) is 34.1. The van der Waals surface area contributed by atoms with E-state index in [1.807, 2.05) is 212 Å². The zero-order valence-electron chi connectivity index (χ0n) is 77.7. The Balaban J connectivity index is 0.000000137. The molecule has 0 amide bonds. The van der Waals surface area contributed by atoms with Crippen LogP contribution in [0, 0.1) is 48.5 Å². The first-order valence-electron chi connectivity index (χ1n) is 44.5. The largest absolute Gasteiger partial charge is 0.461 e. The highest BCUT2D eigenvalue weighted by molar-refractivity contribution is 7.09. The number of carbonyl (C=O) groups is 6. The van der Waals surface area contributed by atoms with Crippen LogP contribution >= 0.6 is 22.7 Å². The summed E-state index contributed by atoms with van der Waals surface area (Å²) in [6.07, 6.45) is 6.19. The van der Waals surface area contributed by atoms with Gasteiger partial charge in [-0.2, -0.15) is 13.2 Å². The Morgan fingerprint density at radius 3 is 0.844 bits per heavy atom. The first kappa shape index (κ1) is 97.7. The molecule has 27 heteroatoms. The standard InChI is InChI=1S/C20H18F3NO2.C20H21NO2.2C18H18N2O2.2C16H16N2O2S/c1-3-26-19(25)18-11-15-9-13(2)7-8-17(15)24(18)12-14-5-4-6-16(10-14)20(21,22)23;1-4-23-20(22)19-12-17-11-15(3)8-9-18(17)21(19)13-16-7-5-6-14(2)10-16;1-3-22-18(21)17-11-15-10-13(2)4-5-16(15)20(17)12-14-6-8-19-9-7-14;1-3-22-18(21)17-11-15-5-4-13(2)10-16(15)20(17)12-14-6-8-19-9-7-14;1-3-20-16(19)14-9-12-8-11(2)4-5-13(12)18(14)10-15-17-6-7-21-15;1-3-20-16(19)14-9-12-5-4-11(2)8-13(12)18(14)10-15-17-6-7-21-15/h4-11H,3,12H2,1-2H3;5-12H,4,13H2,1-3H3;2*4-11H,3,12H2,1-2H3;2*4-9H,3,10H2,1-2H3. The molecule has 10 heterocycles. The lowest BCUT2D eigenvalue weighted by Gasteiger charge is -2.12. The molecule has 0 aliphatic carbocycles. The maximum atomic E-state index is 13.0. The van der Waals surface area contributed by atoms with Gasteiger partial charge in [-0.25, -0.2) is 38.7 Å². The van der Waals surface area contributed by atoms with Crippen molar-refractivity contribution in [2.24, 2.45) is 0 Å². The summed E-state index contributed by atoms with van der Waals surface area (Å²) in [6.45, 7) is 30.3. The number of fused-ring (bicyclic) bond motifs is 6. The van der Waals surface area contributed by atoms with Crippen molar-refractivity contribution in [1.82, 2.24) is 47.3 Å². The second kappa shape index (κ2) is 45.5. The minimum Gasteiger partial charge on any atom is -0.461 e. The molecule has 8 aromatic carbocycles. The summed E-state index contributed by atoms with van der Waals surface area (Å²) in [5.41, 5.74) is 20.4. The van der Waals surface area contributed by atoms with E-state index in [0.29, 0.717) is 105 Å². The normalized spacial score (nSPS) is 11.1. The molecule has 18 aromatic rings. The Kier molecular flexibility index (Phi) is 33.0. The Hall–Kier alpha value is -14.8. The molecule has 135 heavy (non-hydrogen) atoms. The van der Waals surface area contributed by atoms with E-state index in [4.69, 9.17) is 28.4 Å². The third kappa shape index (κ3) is 24.7. The molecular weight excluding hydrogens is 1750 g/mol. The number of benzene rings is 8. The summed E-state index contributed by atoms with van der Waals surface area (Å²) in [7, 11) is 0. The molecule has 22 nitrogen and oxygen atoms in total. The van der Waals surface area contributed by atoms with E-state index in [1.54, 1.807) is 83.5 Å². The Bertz CT molecular complexity index is 7160. The van der Waals surface area contributed by atoms with Crippen LogP contribution in [0.15, 0.2) is 266 Å². The van der Waals surface area contributed by atoms with Crippen LogP contribution < -0.4 is 0 Å². The number of hydrogen-bond donors (Lipinski definition) is 0. The van der Waals surface area contributed by atoms with Crippen molar-refractivity contribution in [1.29, 1.82) is 0 Å². The molecule has 0 atom stereocenters. The minimum absolute atomic E-state index is 0.143. The van der Waals surface area contributed by atoms with Gasteiger partial charge in [0.15, 0.2) is 0 Å². The van der Waals surface area contributed by atoms with Gasteiger partial charge < -0.3 is 55.8 Å². The van der Waals surface area contributed by atoms with Crippen LogP contribution in [0.4, 0.5) is 13.2 Å². The van der Waals surface area contributed by atoms with Gasteiger partial charge in [0.25, 0.3) is 0 Å². The van der Waals surface area contributed by atoms with Gasteiger partial charge in [0.1, 0.15) is 44.2 Å². The number of alkyl halides is 3. The molecule has 0 aliphatic rings. The van der Waals surface area contributed by atoms with Gasteiger partial charge in [0, 0.05) is 140 Å². The third-order valence-electron chi connectivity index (χ3n) is 22.0. The fourth-order valence-corrected chi connectivity index (χ4v) is 17.1. The van der Waals surface area contributed by atoms with E-state index in [1.165, 1.54) is 33.9 Å². The SMILES string of the molecule is CCOC(=O)c1cc2cc(C)ccc2n1Cc1cccc(C(F)(F)F)c1.CCOC(=O)c1cc2cc(C)ccc2n1Cc1cccc(C)c1.CCOC(=O)c1cc2cc(C)ccc2n1Cc1ccncc1.CCOC(=O)c1cc2cc(C)ccc2n1Cc1nccs1.CCOC(=O)c1cc2ccc(C)cc2n1Cc1ccncc1.CCOC(=O)c1cc2ccc(C)cc2n1Cc1nccs1. The lowest BCUT2D eigenvalue weighted by atomic mass is 10.1. The topological polar surface area (TPSA) is 239 Å². The molecule has 18 rings (SSSR count). The zero-order valence-corrected chi connectivity index (χ0v) is 79.3. The lowest BCUT2D eigenvalue weighted by molar-refractivity contribution is -0.137. The van der Waals surface area contributed by atoms with E-state index < -0.39 is 17.7 Å². The molecule has 0 radical (unpaired) electrons. The Morgan fingerprint density at radius 1 is 0.274 bits per heavy atom. The molecule has 10 aromatic heterocycles. The van der Waals surface area contributed by atoms with Crippen molar-refractivity contribution in [3.05, 3.63) is 377 Å². The molecule has 694 valence electrons. The molecule has 0 unspecified atom stereocenters. The summed E-state index contributed by atoms with van der Waals surface area (Å²) in [4.78, 5) is 90.2. The van der Waals surface area contributed by atoms with Gasteiger partial charge in [-0.3, -0.25) is 9.97 Å². The zero-order chi connectivity index (χ0) is 96.0. The average molecular weight is 1860 g/mol. The van der Waals surface area contributed by atoms with E-state index >= 15 is 0 Å². The van der Waals surface area contributed by atoms with E-state index in [9.17, 15) is 41.9 Å². The number of ether oxygens (including phenoxy) is 6. The van der Waals surface area contributed by atoms with E-state index in [-0.39, 0.29) is 43.0 Å².